The summed E-state index contributed by atoms with van der Waals surface area (Å²) in [5.41, 5.74) is 7.17. The topological polar surface area (TPSA) is 75.3 Å². The quantitative estimate of drug-likeness (QED) is 0.745. The second-order valence-corrected chi connectivity index (χ2v) is 4.40. The van der Waals surface area contributed by atoms with Crippen molar-refractivity contribution < 1.29 is 14.3 Å². The Morgan fingerprint density at radius 1 is 1.15 bits per heavy atom. The number of hydrogen-bond donors (Lipinski definition) is 3. The second-order valence-electron chi connectivity index (χ2n) is 4.40. The summed E-state index contributed by atoms with van der Waals surface area (Å²) in [7, 11) is 0. The highest BCUT2D eigenvalue weighted by molar-refractivity contribution is 5.94. The SMILES string of the molecule is Nc1ccc(C(O)CNC(=O)c2ccc(F)cc2)cc1. The zero-order valence-electron chi connectivity index (χ0n) is 10.7. The van der Waals surface area contributed by atoms with Gasteiger partial charge in [-0.2, -0.15) is 0 Å². The summed E-state index contributed by atoms with van der Waals surface area (Å²) in [6.45, 7) is 0.0696. The van der Waals surface area contributed by atoms with Gasteiger partial charge in [-0.1, -0.05) is 12.1 Å². The third kappa shape index (κ3) is 3.55. The van der Waals surface area contributed by atoms with E-state index in [-0.39, 0.29) is 12.5 Å². The van der Waals surface area contributed by atoms with E-state index >= 15 is 0 Å². The van der Waals surface area contributed by atoms with Gasteiger partial charge in [-0.25, -0.2) is 4.39 Å². The van der Waals surface area contributed by atoms with Crippen LogP contribution in [-0.4, -0.2) is 17.6 Å². The molecule has 2 rings (SSSR count). The molecule has 0 bridgehead atoms. The fourth-order valence-corrected chi connectivity index (χ4v) is 1.73. The number of carbonyl (C=O) groups excluding carboxylic acids is 1. The smallest absolute Gasteiger partial charge is 0.251 e. The number of halogens is 1. The first-order chi connectivity index (χ1) is 9.56. The number of aliphatic hydroxyl groups is 1. The minimum atomic E-state index is -0.819. The number of carbonyl (C=O) groups is 1. The lowest BCUT2D eigenvalue weighted by Crippen LogP contribution is -2.28. The average molecular weight is 274 g/mol. The molecule has 1 unspecified atom stereocenters. The van der Waals surface area contributed by atoms with Crippen molar-refractivity contribution in [1.29, 1.82) is 0 Å². The highest BCUT2D eigenvalue weighted by Gasteiger charge is 2.10. The summed E-state index contributed by atoms with van der Waals surface area (Å²) in [6, 6.07) is 12.0. The van der Waals surface area contributed by atoms with Crippen molar-refractivity contribution in [2.24, 2.45) is 0 Å². The second kappa shape index (κ2) is 6.16. The van der Waals surface area contributed by atoms with E-state index in [2.05, 4.69) is 5.32 Å². The maximum absolute atomic E-state index is 12.7. The molecule has 0 aliphatic heterocycles. The van der Waals surface area contributed by atoms with Gasteiger partial charge < -0.3 is 16.2 Å². The number of rotatable bonds is 4. The Balaban J connectivity index is 1.92. The van der Waals surface area contributed by atoms with Crippen LogP contribution in [0, 0.1) is 5.82 Å². The van der Waals surface area contributed by atoms with Gasteiger partial charge in [0.1, 0.15) is 5.82 Å². The molecule has 0 saturated carbocycles. The lowest BCUT2D eigenvalue weighted by Gasteiger charge is -2.12. The Bertz CT molecular complexity index is 582. The lowest BCUT2D eigenvalue weighted by atomic mass is 10.1. The molecule has 4 N–H and O–H groups in total. The molecule has 1 amide bonds. The van der Waals surface area contributed by atoms with E-state index in [1.165, 1.54) is 24.3 Å². The maximum atomic E-state index is 12.7. The molecular formula is C15H15FN2O2. The van der Waals surface area contributed by atoms with Crippen LogP contribution in [-0.2, 0) is 0 Å². The average Bonchev–Trinajstić information content (AvgIpc) is 2.46. The third-order valence-electron chi connectivity index (χ3n) is 2.88. The zero-order chi connectivity index (χ0) is 14.5. The van der Waals surface area contributed by atoms with Gasteiger partial charge >= 0.3 is 0 Å². The van der Waals surface area contributed by atoms with Crippen molar-refractivity contribution in [3.8, 4) is 0 Å². The van der Waals surface area contributed by atoms with E-state index in [4.69, 9.17) is 5.73 Å². The molecule has 2 aromatic carbocycles. The molecule has 104 valence electrons. The van der Waals surface area contributed by atoms with Gasteiger partial charge in [0.2, 0.25) is 0 Å². The molecule has 0 saturated heterocycles. The van der Waals surface area contributed by atoms with Gasteiger partial charge in [-0.3, -0.25) is 4.79 Å². The van der Waals surface area contributed by atoms with Crippen LogP contribution in [0.1, 0.15) is 22.0 Å². The Labute approximate surface area is 116 Å². The Kier molecular flexibility index (Phi) is 4.32. The maximum Gasteiger partial charge on any atom is 0.251 e. The molecule has 0 heterocycles. The normalized spacial score (nSPS) is 11.9. The van der Waals surface area contributed by atoms with Crippen molar-refractivity contribution in [1.82, 2.24) is 5.32 Å². The summed E-state index contributed by atoms with van der Waals surface area (Å²) >= 11 is 0. The van der Waals surface area contributed by atoms with E-state index in [0.29, 0.717) is 16.8 Å². The number of nitrogens with two attached hydrogens (primary N) is 1. The molecule has 0 fully saturated rings. The highest BCUT2D eigenvalue weighted by Crippen LogP contribution is 2.14. The summed E-state index contributed by atoms with van der Waals surface area (Å²) in [4.78, 5) is 11.8. The number of anilines is 1. The summed E-state index contributed by atoms with van der Waals surface area (Å²) < 4.78 is 12.7. The first-order valence-corrected chi connectivity index (χ1v) is 6.13. The molecular weight excluding hydrogens is 259 g/mol. The van der Waals surface area contributed by atoms with E-state index < -0.39 is 11.9 Å². The van der Waals surface area contributed by atoms with E-state index in [0.717, 1.165) is 0 Å². The number of benzene rings is 2. The molecule has 0 radical (unpaired) electrons. The van der Waals surface area contributed by atoms with Crippen LogP contribution < -0.4 is 11.1 Å². The van der Waals surface area contributed by atoms with Crippen molar-refractivity contribution in [2.45, 2.75) is 6.10 Å². The predicted octanol–water partition coefficient (Wildman–Crippen LogP) is 1.87. The van der Waals surface area contributed by atoms with Crippen molar-refractivity contribution in [3.05, 3.63) is 65.5 Å². The van der Waals surface area contributed by atoms with Gasteiger partial charge in [0.15, 0.2) is 0 Å². The molecule has 0 aliphatic rings. The van der Waals surface area contributed by atoms with Crippen LogP contribution in [0.15, 0.2) is 48.5 Å². The standard InChI is InChI=1S/C15H15FN2O2/c16-12-5-1-11(2-6-12)15(20)18-9-14(19)10-3-7-13(17)8-4-10/h1-8,14,19H,9,17H2,(H,18,20). The predicted molar refractivity (Wildman–Crippen MR) is 74.5 cm³/mol. The van der Waals surface area contributed by atoms with Crippen molar-refractivity contribution in [2.75, 3.05) is 12.3 Å². The molecule has 1 atom stereocenters. The molecule has 20 heavy (non-hydrogen) atoms. The Morgan fingerprint density at radius 2 is 1.75 bits per heavy atom. The molecule has 0 aliphatic carbocycles. The number of nitrogens with one attached hydrogen (secondary N) is 1. The lowest BCUT2D eigenvalue weighted by molar-refractivity contribution is 0.0916. The van der Waals surface area contributed by atoms with Gasteiger partial charge in [-0.05, 0) is 42.0 Å². The Hall–Kier alpha value is -2.40. The molecule has 0 aromatic heterocycles. The number of amides is 1. The first kappa shape index (κ1) is 14.0. The summed E-state index contributed by atoms with van der Waals surface area (Å²) in [6.07, 6.45) is -0.819. The zero-order valence-corrected chi connectivity index (χ0v) is 10.7. The van der Waals surface area contributed by atoms with Crippen LogP contribution in [0.4, 0.5) is 10.1 Å². The first-order valence-electron chi connectivity index (χ1n) is 6.13. The fraction of sp³-hybridized carbons (Fsp3) is 0.133. The molecule has 2 aromatic rings. The molecule has 4 nitrogen and oxygen atoms in total. The summed E-state index contributed by atoms with van der Waals surface area (Å²) in [5.74, 6) is -0.761. The van der Waals surface area contributed by atoms with Gasteiger partial charge in [-0.15, -0.1) is 0 Å². The van der Waals surface area contributed by atoms with Crippen LogP contribution in [0.5, 0.6) is 0 Å². The van der Waals surface area contributed by atoms with Gasteiger partial charge in [0, 0.05) is 17.8 Å². The number of hydrogen-bond acceptors (Lipinski definition) is 3. The van der Waals surface area contributed by atoms with E-state index in [1.54, 1.807) is 24.3 Å². The monoisotopic (exact) mass is 274 g/mol. The van der Waals surface area contributed by atoms with E-state index in [9.17, 15) is 14.3 Å². The number of nitrogen functional groups attached to an aromatic ring is 1. The Morgan fingerprint density at radius 3 is 2.35 bits per heavy atom. The minimum absolute atomic E-state index is 0.0696. The van der Waals surface area contributed by atoms with Gasteiger partial charge in [0.25, 0.3) is 5.91 Å². The summed E-state index contributed by atoms with van der Waals surface area (Å²) in [5, 5.41) is 12.5. The van der Waals surface area contributed by atoms with E-state index in [1.807, 2.05) is 0 Å². The van der Waals surface area contributed by atoms with Crippen LogP contribution in [0.3, 0.4) is 0 Å². The van der Waals surface area contributed by atoms with Crippen LogP contribution >= 0.6 is 0 Å². The van der Waals surface area contributed by atoms with Crippen molar-refractivity contribution in [3.63, 3.8) is 0 Å². The largest absolute Gasteiger partial charge is 0.399 e. The van der Waals surface area contributed by atoms with Crippen LogP contribution in [0.25, 0.3) is 0 Å². The highest BCUT2D eigenvalue weighted by atomic mass is 19.1. The van der Waals surface area contributed by atoms with Gasteiger partial charge in [0.05, 0.1) is 6.10 Å². The number of aliphatic hydroxyl groups excluding tert-OH is 1. The van der Waals surface area contributed by atoms with Crippen LogP contribution in [0.2, 0.25) is 0 Å². The fourth-order valence-electron chi connectivity index (χ4n) is 1.73. The third-order valence-corrected chi connectivity index (χ3v) is 2.88. The molecule has 5 heteroatoms. The van der Waals surface area contributed by atoms with Crippen molar-refractivity contribution >= 4 is 11.6 Å². The molecule has 0 spiro atoms. The minimum Gasteiger partial charge on any atom is -0.399 e.